The number of fused-ring (bicyclic) bond motifs is 1. The molecule has 0 bridgehead atoms. The van der Waals surface area contributed by atoms with Crippen molar-refractivity contribution < 1.29 is 9.53 Å². The van der Waals surface area contributed by atoms with E-state index in [1.54, 1.807) is 17.7 Å². The van der Waals surface area contributed by atoms with E-state index in [-0.39, 0.29) is 12.0 Å². The topological polar surface area (TPSA) is 64.1 Å². The summed E-state index contributed by atoms with van der Waals surface area (Å²) in [7, 11) is 0. The van der Waals surface area contributed by atoms with Crippen LogP contribution in [0.25, 0.3) is 21.3 Å². The minimum absolute atomic E-state index is 0.00810. The summed E-state index contributed by atoms with van der Waals surface area (Å²) in [5.41, 5.74) is 2.26. The minimum atomic E-state index is 0.00810. The first-order chi connectivity index (χ1) is 12.8. The Morgan fingerprint density at radius 2 is 2.19 bits per heavy atom. The maximum Gasteiger partial charge on any atom is 0.230 e. The van der Waals surface area contributed by atoms with E-state index in [2.05, 4.69) is 32.8 Å². The summed E-state index contributed by atoms with van der Waals surface area (Å²) in [6.45, 7) is 1.39. The van der Waals surface area contributed by atoms with Crippen molar-refractivity contribution in [3.63, 3.8) is 0 Å². The van der Waals surface area contributed by atoms with E-state index >= 15 is 0 Å². The second-order valence-corrected chi connectivity index (χ2v) is 7.92. The number of thiophene rings is 1. The molecule has 5 nitrogen and oxygen atoms in total. The zero-order chi connectivity index (χ0) is 17.8. The summed E-state index contributed by atoms with van der Waals surface area (Å²) >= 11 is 3.06. The number of hydrogen-bond donors (Lipinski definition) is 1. The first kappa shape index (κ1) is 17.5. The molecule has 7 heteroatoms. The SMILES string of the molecule is O=C(CSc1ncnc2scc(-c3ccccc3)c12)NCC1CCCO1. The molecule has 1 N–H and O–H groups in total. The van der Waals surface area contributed by atoms with E-state index in [9.17, 15) is 4.79 Å². The Kier molecular flexibility index (Phi) is 5.48. The molecule has 1 unspecified atom stereocenters. The van der Waals surface area contributed by atoms with E-state index in [1.807, 2.05) is 18.2 Å². The Labute approximate surface area is 160 Å². The van der Waals surface area contributed by atoms with Crippen LogP contribution < -0.4 is 5.32 Å². The Bertz CT molecular complexity index is 892. The van der Waals surface area contributed by atoms with Gasteiger partial charge >= 0.3 is 0 Å². The predicted molar refractivity (Wildman–Crippen MR) is 106 cm³/mol. The summed E-state index contributed by atoms with van der Waals surface area (Å²) in [4.78, 5) is 21.9. The lowest BCUT2D eigenvalue weighted by Gasteiger charge is -2.10. The molecule has 1 amide bonds. The van der Waals surface area contributed by atoms with Gasteiger partial charge in [0, 0.05) is 24.1 Å². The average Bonchev–Trinajstić information content (AvgIpc) is 3.35. The van der Waals surface area contributed by atoms with Crippen molar-refractivity contribution in [2.24, 2.45) is 0 Å². The normalized spacial score (nSPS) is 16.8. The predicted octanol–water partition coefficient (Wildman–Crippen LogP) is 3.75. The number of nitrogens with one attached hydrogen (secondary N) is 1. The molecule has 4 rings (SSSR count). The zero-order valence-electron chi connectivity index (χ0n) is 14.2. The van der Waals surface area contributed by atoms with Crippen LogP contribution in [0, 0.1) is 0 Å². The van der Waals surface area contributed by atoms with Crippen LogP contribution in [0.15, 0.2) is 47.1 Å². The van der Waals surface area contributed by atoms with E-state index in [0.717, 1.165) is 45.8 Å². The maximum absolute atomic E-state index is 12.2. The van der Waals surface area contributed by atoms with Crippen LogP contribution in [0.4, 0.5) is 0 Å². The third-order valence-corrected chi connectivity index (χ3v) is 6.19. The van der Waals surface area contributed by atoms with Crippen molar-refractivity contribution in [1.82, 2.24) is 15.3 Å². The number of carbonyl (C=O) groups is 1. The summed E-state index contributed by atoms with van der Waals surface area (Å²) in [5, 5.41) is 6.94. The highest BCUT2D eigenvalue weighted by atomic mass is 32.2. The third-order valence-electron chi connectivity index (χ3n) is 4.31. The summed E-state index contributed by atoms with van der Waals surface area (Å²) in [5.74, 6) is 0.344. The van der Waals surface area contributed by atoms with Gasteiger partial charge in [-0.25, -0.2) is 9.97 Å². The molecule has 0 radical (unpaired) electrons. The number of nitrogens with zero attached hydrogens (tertiary/aromatic N) is 2. The Morgan fingerprint density at radius 3 is 3.00 bits per heavy atom. The number of rotatable bonds is 6. The highest BCUT2D eigenvalue weighted by molar-refractivity contribution is 8.00. The van der Waals surface area contributed by atoms with Crippen molar-refractivity contribution in [2.45, 2.75) is 24.0 Å². The van der Waals surface area contributed by atoms with Crippen LogP contribution in [0.2, 0.25) is 0 Å². The molecule has 0 spiro atoms. The standard InChI is InChI=1S/C19H19N3O2S2/c23-16(20-9-14-7-4-8-24-14)11-26-19-17-15(13-5-2-1-3-6-13)10-25-18(17)21-12-22-19/h1-3,5-6,10,12,14H,4,7-9,11H2,(H,20,23). The van der Waals surface area contributed by atoms with Crippen molar-refractivity contribution in [3.05, 3.63) is 42.0 Å². The molecular weight excluding hydrogens is 366 g/mol. The Balaban J connectivity index is 1.48. The van der Waals surface area contributed by atoms with Gasteiger partial charge in [-0.05, 0) is 18.4 Å². The first-order valence-electron chi connectivity index (χ1n) is 8.60. The van der Waals surface area contributed by atoms with Crippen LogP contribution >= 0.6 is 23.1 Å². The highest BCUT2D eigenvalue weighted by Gasteiger charge is 2.17. The van der Waals surface area contributed by atoms with Gasteiger partial charge in [0.25, 0.3) is 0 Å². The van der Waals surface area contributed by atoms with Crippen LogP contribution in [0.1, 0.15) is 12.8 Å². The molecule has 1 fully saturated rings. The molecule has 1 saturated heterocycles. The second kappa shape index (κ2) is 8.16. The molecule has 3 aromatic rings. The molecule has 1 aliphatic heterocycles. The smallest absolute Gasteiger partial charge is 0.230 e. The molecule has 3 heterocycles. The van der Waals surface area contributed by atoms with E-state index in [4.69, 9.17) is 4.74 Å². The summed E-state index contributed by atoms with van der Waals surface area (Å²) in [6, 6.07) is 10.2. The first-order valence-corrected chi connectivity index (χ1v) is 10.5. The quantitative estimate of drug-likeness (QED) is 0.517. The van der Waals surface area contributed by atoms with E-state index in [0.29, 0.717) is 12.3 Å². The van der Waals surface area contributed by atoms with Gasteiger partial charge < -0.3 is 10.1 Å². The molecule has 1 aliphatic rings. The van der Waals surface area contributed by atoms with Gasteiger partial charge in [0.1, 0.15) is 16.2 Å². The number of benzene rings is 1. The molecular formula is C19H19N3O2S2. The van der Waals surface area contributed by atoms with Gasteiger partial charge in [-0.1, -0.05) is 42.1 Å². The monoisotopic (exact) mass is 385 g/mol. The average molecular weight is 386 g/mol. The largest absolute Gasteiger partial charge is 0.376 e. The number of ether oxygens (including phenoxy) is 1. The number of aromatic nitrogens is 2. The summed E-state index contributed by atoms with van der Waals surface area (Å²) < 4.78 is 5.54. The second-order valence-electron chi connectivity index (χ2n) is 6.10. The van der Waals surface area contributed by atoms with Crippen LogP contribution in [0.3, 0.4) is 0 Å². The van der Waals surface area contributed by atoms with Crippen molar-refractivity contribution in [2.75, 3.05) is 18.9 Å². The lowest BCUT2D eigenvalue weighted by molar-refractivity contribution is -0.119. The van der Waals surface area contributed by atoms with Crippen LogP contribution in [0.5, 0.6) is 0 Å². The van der Waals surface area contributed by atoms with Gasteiger partial charge in [-0.3, -0.25) is 4.79 Å². The fourth-order valence-electron chi connectivity index (χ4n) is 3.01. The van der Waals surface area contributed by atoms with Crippen molar-refractivity contribution in [3.8, 4) is 11.1 Å². The van der Waals surface area contributed by atoms with Crippen molar-refractivity contribution in [1.29, 1.82) is 0 Å². The van der Waals surface area contributed by atoms with Gasteiger partial charge in [0.05, 0.1) is 17.2 Å². The molecule has 1 atom stereocenters. The lowest BCUT2D eigenvalue weighted by Crippen LogP contribution is -2.32. The molecule has 0 saturated carbocycles. The molecule has 26 heavy (non-hydrogen) atoms. The molecule has 134 valence electrons. The lowest BCUT2D eigenvalue weighted by atomic mass is 10.1. The van der Waals surface area contributed by atoms with Gasteiger partial charge in [0.15, 0.2) is 0 Å². The minimum Gasteiger partial charge on any atom is -0.376 e. The maximum atomic E-state index is 12.2. The third kappa shape index (κ3) is 3.90. The number of carbonyl (C=O) groups excluding carboxylic acids is 1. The zero-order valence-corrected chi connectivity index (χ0v) is 15.8. The number of hydrogen-bond acceptors (Lipinski definition) is 6. The van der Waals surface area contributed by atoms with Crippen LogP contribution in [-0.2, 0) is 9.53 Å². The molecule has 2 aromatic heterocycles. The molecule has 0 aliphatic carbocycles. The fourth-order valence-corrected chi connectivity index (χ4v) is 4.83. The van der Waals surface area contributed by atoms with E-state index in [1.165, 1.54) is 11.8 Å². The van der Waals surface area contributed by atoms with E-state index < -0.39 is 0 Å². The highest BCUT2D eigenvalue weighted by Crippen LogP contribution is 2.37. The van der Waals surface area contributed by atoms with Crippen LogP contribution in [-0.4, -0.2) is 40.9 Å². The number of amides is 1. The molecule has 1 aromatic carbocycles. The fraction of sp³-hybridized carbons (Fsp3) is 0.316. The Morgan fingerprint density at radius 1 is 1.31 bits per heavy atom. The number of thioether (sulfide) groups is 1. The van der Waals surface area contributed by atoms with Gasteiger partial charge in [-0.2, -0.15) is 0 Å². The van der Waals surface area contributed by atoms with Crippen molar-refractivity contribution >= 4 is 39.2 Å². The van der Waals surface area contributed by atoms with Gasteiger partial charge in [0.2, 0.25) is 5.91 Å². The summed E-state index contributed by atoms with van der Waals surface area (Å²) in [6.07, 6.45) is 3.83. The van der Waals surface area contributed by atoms with Gasteiger partial charge in [-0.15, -0.1) is 11.3 Å². The Hall–Kier alpha value is -1.96.